The SMILES string of the molecule is C=NC(=C)S. The van der Waals surface area contributed by atoms with E-state index in [1.807, 2.05) is 0 Å². The molecule has 0 saturated carbocycles. The first-order chi connectivity index (χ1) is 2.27. The van der Waals surface area contributed by atoms with Gasteiger partial charge < -0.3 is 0 Å². The Labute approximate surface area is 36.8 Å². The van der Waals surface area contributed by atoms with Crippen LogP contribution in [0.5, 0.6) is 0 Å². The fraction of sp³-hybridized carbons (Fsp3) is 0. The maximum atomic E-state index is 3.67. The molecule has 0 spiro atoms. The largest absolute Gasteiger partial charge is 0.259 e. The molecule has 0 amide bonds. The van der Waals surface area contributed by atoms with Gasteiger partial charge in [-0.15, -0.1) is 12.6 Å². The molecule has 2 heteroatoms. The molecule has 0 aromatic heterocycles. The van der Waals surface area contributed by atoms with Crippen molar-refractivity contribution < 1.29 is 0 Å². The lowest BCUT2D eigenvalue weighted by molar-refractivity contribution is 1.61. The van der Waals surface area contributed by atoms with E-state index >= 15 is 0 Å². The molecule has 28 valence electrons. The summed E-state index contributed by atoms with van der Waals surface area (Å²) < 4.78 is 0. The molecule has 0 radical (unpaired) electrons. The summed E-state index contributed by atoms with van der Waals surface area (Å²) in [6.07, 6.45) is 0. The maximum absolute atomic E-state index is 3.67. The number of aliphatic imine (C=N–C) groups is 1. The highest BCUT2D eigenvalue weighted by molar-refractivity contribution is 7.84. The summed E-state index contributed by atoms with van der Waals surface area (Å²) in [4.78, 5) is 3.31. The van der Waals surface area contributed by atoms with Crippen molar-refractivity contribution in [1.29, 1.82) is 0 Å². The van der Waals surface area contributed by atoms with Crippen molar-refractivity contribution >= 4 is 19.3 Å². The highest BCUT2D eigenvalue weighted by Gasteiger charge is 1.61. The highest BCUT2D eigenvalue weighted by Crippen LogP contribution is 1.91. The van der Waals surface area contributed by atoms with Crippen molar-refractivity contribution in [2.75, 3.05) is 0 Å². The molecule has 0 atom stereocenters. The van der Waals surface area contributed by atoms with Gasteiger partial charge >= 0.3 is 0 Å². The van der Waals surface area contributed by atoms with Crippen LogP contribution in [0.2, 0.25) is 0 Å². The summed E-state index contributed by atoms with van der Waals surface area (Å²) in [6, 6.07) is 0. The molecule has 1 nitrogen and oxygen atoms in total. The average molecular weight is 87.1 g/mol. The van der Waals surface area contributed by atoms with Crippen molar-refractivity contribution in [3.63, 3.8) is 0 Å². The summed E-state index contributed by atoms with van der Waals surface area (Å²) in [7, 11) is 0. The molecule has 0 unspecified atom stereocenters. The average Bonchev–Trinajstić information content (AvgIpc) is 1.38. The molecule has 0 aromatic carbocycles. The predicted molar refractivity (Wildman–Crippen MR) is 27.7 cm³/mol. The van der Waals surface area contributed by atoms with Crippen LogP contribution in [-0.4, -0.2) is 6.72 Å². The second kappa shape index (κ2) is 2.03. The van der Waals surface area contributed by atoms with Gasteiger partial charge in [-0.1, -0.05) is 6.58 Å². The minimum Gasteiger partial charge on any atom is -0.259 e. The van der Waals surface area contributed by atoms with E-state index in [0.29, 0.717) is 5.03 Å². The lowest BCUT2D eigenvalue weighted by Crippen LogP contribution is -1.45. The lowest BCUT2D eigenvalue weighted by atomic mass is 11.0. The first kappa shape index (κ1) is 4.76. The van der Waals surface area contributed by atoms with Crippen molar-refractivity contribution in [3.05, 3.63) is 11.6 Å². The zero-order valence-corrected chi connectivity index (χ0v) is 3.70. The first-order valence-corrected chi connectivity index (χ1v) is 1.56. The zero-order valence-electron chi connectivity index (χ0n) is 2.81. The fourth-order valence-electron chi connectivity index (χ4n) is 0. The van der Waals surface area contributed by atoms with Crippen LogP contribution in [-0.2, 0) is 0 Å². The molecule has 0 fully saturated rings. The molecule has 0 saturated heterocycles. The summed E-state index contributed by atoms with van der Waals surface area (Å²) in [5.41, 5.74) is 0. The Hall–Kier alpha value is -0.240. The maximum Gasteiger partial charge on any atom is 0.0850 e. The molecular weight excluding hydrogens is 82.1 g/mol. The first-order valence-electron chi connectivity index (χ1n) is 1.12. The Bertz CT molecular complexity index is 57.9. The van der Waals surface area contributed by atoms with Gasteiger partial charge in [-0.2, -0.15) is 0 Å². The molecule has 0 bridgehead atoms. The number of hydrogen-bond donors (Lipinski definition) is 1. The summed E-state index contributed by atoms with van der Waals surface area (Å²) >= 11 is 3.67. The Morgan fingerprint density at radius 3 is 2.00 bits per heavy atom. The highest BCUT2D eigenvalue weighted by atomic mass is 32.1. The van der Waals surface area contributed by atoms with E-state index in [4.69, 9.17) is 0 Å². The summed E-state index contributed by atoms with van der Waals surface area (Å²) in [5.74, 6) is 0. The Morgan fingerprint density at radius 2 is 2.00 bits per heavy atom. The van der Waals surface area contributed by atoms with Crippen LogP contribution in [0.15, 0.2) is 16.6 Å². The van der Waals surface area contributed by atoms with Crippen molar-refractivity contribution in [2.24, 2.45) is 4.99 Å². The van der Waals surface area contributed by atoms with E-state index in [0.717, 1.165) is 0 Å². The second-order valence-electron chi connectivity index (χ2n) is 0.574. The van der Waals surface area contributed by atoms with E-state index in [1.165, 1.54) is 0 Å². The van der Waals surface area contributed by atoms with E-state index in [2.05, 4.69) is 30.9 Å². The van der Waals surface area contributed by atoms with Gasteiger partial charge in [0.2, 0.25) is 0 Å². The molecule has 0 heterocycles. The summed E-state index contributed by atoms with van der Waals surface area (Å²) in [5, 5.41) is 0.463. The van der Waals surface area contributed by atoms with Crippen LogP contribution < -0.4 is 0 Å². The molecule has 0 aliphatic heterocycles. The second-order valence-corrected chi connectivity index (χ2v) is 1.09. The summed E-state index contributed by atoms with van der Waals surface area (Å²) in [6.45, 7) is 6.44. The van der Waals surface area contributed by atoms with E-state index < -0.39 is 0 Å². The third-order valence-electron chi connectivity index (χ3n) is 0.183. The van der Waals surface area contributed by atoms with E-state index in [1.54, 1.807) is 0 Å². The Balaban J connectivity index is 3.20. The number of rotatable bonds is 1. The van der Waals surface area contributed by atoms with Gasteiger partial charge in [0.15, 0.2) is 0 Å². The fourth-order valence-corrected chi connectivity index (χ4v) is 0. The van der Waals surface area contributed by atoms with Gasteiger partial charge in [0, 0.05) is 0 Å². The lowest BCUT2D eigenvalue weighted by Gasteiger charge is -1.71. The predicted octanol–water partition coefficient (Wildman–Crippen LogP) is 1.09. The van der Waals surface area contributed by atoms with Crippen LogP contribution in [0.1, 0.15) is 0 Å². The standard InChI is InChI=1S/C3H5NS/c1-3(5)4-2/h5H,1-2H2. The third kappa shape index (κ3) is 3.76. The van der Waals surface area contributed by atoms with Gasteiger partial charge in [0.25, 0.3) is 0 Å². The Morgan fingerprint density at radius 1 is 1.80 bits per heavy atom. The van der Waals surface area contributed by atoms with Gasteiger partial charge in [0.1, 0.15) is 0 Å². The monoisotopic (exact) mass is 87.0 g/mol. The number of hydrogen-bond acceptors (Lipinski definition) is 2. The van der Waals surface area contributed by atoms with Crippen molar-refractivity contribution in [1.82, 2.24) is 0 Å². The van der Waals surface area contributed by atoms with Crippen LogP contribution in [0, 0.1) is 0 Å². The molecule has 0 aliphatic rings. The smallest absolute Gasteiger partial charge is 0.0850 e. The van der Waals surface area contributed by atoms with Gasteiger partial charge in [0.05, 0.1) is 5.03 Å². The van der Waals surface area contributed by atoms with E-state index in [-0.39, 0.29) is 0 Å². The minimum absolute atomic E-state index is 0.463. The minimum atomic E-state index is 0.463. The van der Waals surface area contributed by atoms with Crippen LogP contribution in [0.25, 0.3) is 0 Å². The molecule has 0 rings (SSSR count). The zero-order chi connectivity index (χ0) is 4.28. The molecule has 0 aromatic rings. The molecular formula is C3H5NS. The van der Waals surface area contributed by atoms with Crippen molar-refractivity contribution in [3.8, 4) is 0 Å². The van der Waals surface area contributed by atoms with E-state index in [9.17, 15) is 0 Å². The van der Waals surface area contributed by atoms with Gasteiger partial charge in [-0.25, -0.2) is 0 Å². The van der Waals surface area contributed by atoms with Gasteiger partial charge in [-0.3, -0.25) is 4.99 Å². The normalized spacial score (nSPS) is 6.60. The van der Waals surface area contributed by atoms with Gasteiger partial charge in [-0.05, 0) is 6.72 Å². The molecule has 0 N–H and O–H groups in total. The Kier molecular flexibility index (Phi) is 1.93. The molecule has 5 heavy (non-hydrogen) atoms. The third-order valence-corrected chi connectivity index (χ3v) is 0.324. The number of nitrogens with zero attached hydrogens (tertiary/aromatic N) is 1. The van der Waals surface area contributed by atoms with Crippen molar-refractivity contribution in [2.45, 2.75) is 0 Å². The number of thiol groups is 1. The van der Waals surface area contributed by atoms with Crippen LogP contribution in [0.4, 0.5) is 0 Å². The van der Waals surface area contributed by atoms with Crippen LogP contribution >= 0.6 is 12.6 Å². The quantitative estimate of drug-likeness (QED) is 0.363. The molecule has 0 aliphatic carbocycles. The topological polar surface area (TPSA) is 12.4 Å². The van der Waals surface area contributed by atoms with Crippen LogP contribution in [0.3, 0.4) is 0 Å².